The van der Waals surface area contributed by atoms with Gasteiger partial charge in [0, 0.05) is 26.7 Å². The van der Waals surface area contributed by atoms with E-state index in [-0.39, 0.29) is 5.75 Å². The Morgan fingerprint density at radius 3 is 2.50 bits per heavy atom. The zero-order valence-corrected chi connectivity index (χ0v) is 15.8. The molecule has 0 spiro atoms. The average molecular weight is 332 g/mol. The summed E-state index contributed by atoms with van der Waals surface area (Å²) >= 11 is 0. The molecule has 1 unspecified atom stereocenters. The molecule has 0 aromatic carbocycles. The first-order chi connectivity index (χ1) is 10.1. The molecule has 1 aliphatic heterocycles. The molecular formula is C16H33N3O2S. The van der Waals surface area contributed by atoms with E-state index in [4.69, 9.17) is 0 Å². The molecule has 130 valence electrons. The molecule has 22 heavy (non-hydrogen) atoms. The first kappa shape index (κ1) is 19.3. The third kappa shape index (κ3) is 5.45. The highest BCUT2D eigenvalue weighted by molar-refractivity contribution is 7.92. The summed E-state index contributed by atoms with van der Waals surface area (Å²) < 4.78 is 23.5. The molecule has 1 atom stereocenters. The molecule has 0 bridgehead atoms. The van der Waals surface area contributed by atoms with Crippen molar-refractivity contribution in [1.29, 1.82) is 0 Å². The summed E-state index contributed by atoms with van der Waals surface area (Å²) in [4.78, 5) is 6.55. The number of nitrogens with zero attached hydrogens (tertiary/aromatic N) is 2. The Morgan fingerprint density at radius 2 is 2.00 bits per heavy atom. The van der Waals surface area contributed by atoms with E-state index in [2.05, 4.69) is 29.1 Å². The molecule has 0 aromatic rings. The standard InChI is InChI=1S/C16H33N3O2S/c1-13(2)11-14-7-9-19(12-14)15(17-6)18-8-10-22(20,21)16(3,4)5/h13-14H,7-12H2,1-6H3,(H,17,18). The van der Waals surface area contributed by atoms with E-state index in [1.807, 2.05) is 0 Å². The second-order valence-electron chi connectivity index (χ2n) is 7.64. The minimum absolute atomic E-state index is 0.138. The van der Waals surface area contributed by atoms with Crippen LogP contribution in [-0.2, 0) is 9.84 Å². The number of guanidine groups is 1. The fourth-order valence-corrected chi connectivity index (χ4v) is 3.80. The van der Waals surface area contributed by atoms with Crippen LogP contribution in [0.25, 0.3) is 0 Å². The van der Waals surface area contributed by atoms with Gasteiger partial charge in [0.1, 0.15) is 0 Å². The number of sulfone groups is 1. The van der Waals surface area contributed by atoms with Crippen LogP contribution in [0.4, 0.5) is 0 Å². The highest BCUT2D eigenvalue weighted by Gasteiger charge is 2.29. The zero-order valence-electron chi connectivity index (χ0n) is 15.0. The van der Waals surface area contributed by atoms with E-state index in [0.29, 0.717) is 6.54 Å². The predicted octanol–water partition coefficient (Wildman–Crippen LogP) is 2.14. The number of rotatable bonds is 5. The average Bonchev–Trinajstić information content (AvgIpc) is 2.80. The lowest BCUT2D eigenvalue weighted by atomic mass is 9.97. The second kappa shape index (κ2) is 7.66. The SMILES string of the molecule is CN=C(NCCS(=O)(=O)C(C)(C)C)N1CCC(CC(C)C)C1. The van der Waals surface area contributed by atoms with Gasteiger partial charge in [0.05, 0.1) is 10.5 Å². The monoisotopic (exact) mass is 331 g/mol. The van der Waals surface area contributed by atoms with Gasteiger partial charge in [0.2, 0.25) is 0 Å². The summed E-state index contributed by atoms with van der Waals surface area (Å²) in [6, 6.07) is 0. The third-order valence-corrected chi connectivity index (χ3v) is 6.80. The van der Waals surface area contributed by atoms with E-state index in [9.17, 15) is 8.42 Å². The summed E-state index contributed by atoms with van der Waals surface area (Å²) in [6.07, 6.45) is 2.44. The van der Waals surface area contributed by atoms with Crippen molar-refractivity contribution in [3.05, 3.63) is 0 Å². The molecule has 1 heterocycles. The molecule has 1 aliphatic rings. The lowest BCUT2D eigenvalue weighted by Crippen LogP contribution is -2.43. The lowest BCUT2D eigenvalue weighted by molar-refractivity contribution is 0.404. The maximum absolute atomic E-state index is 12.1. The molecular weight excluding hydrogens is 298 g/mol. The zero-order chi connectivity index (χ0) is 17.0. The van der Waals surface area contributed by atoms with Crippen LogP contribution < -0.4 is 5.32 Å². The van der Waals surface area contributed by atoms with Gasteiger partial charge in [0.15, 0.2) is 15.8 Å². The first-order valence-corrected chi connectivity index (χ1v) is 9.90. The number of likely N-dealkylation sites (tertiary alicyclic amines) is 1. The van der Waals surface area contributed by atoms with Crippen LogP contribution in [-0.4, -0.2) is 56.5 Å². The fourth-order valence-electron chi connectivity index (χ4n) is 2.82. The molecule has 1 fully saturated rings. The van der Waals surface area contributed by atoms with Gasteiger partial charge in [-0.3, -0.25) is 4.99 Å². The number of nitrogens with one attached hydrogen (secondary N) is 1. The van der Waals surface area contributed by atoms with Crippen molar-refractivity contribution in [3.63, 3.8) is 0 Å². The predicted molar refractivity (Wildman–Crippen MR) is 94.0 cm³/mol. The van der Waals surface area contributed by atoms with Crippen molar-refractivity contribution in [2.24, 2.45) is 16.8 Å². The molecule has 1 N–H and O–H groups in total. The van der Waals surface area contributed by atoms with E-state index >= 15 is 0 Å². The fraction of sp³-hybridized carbons (Fsp3) is 0.938. The number of hydrogen-bond donors (Lipinski definition) is 1. The van der Waals surface area contributed by atoms with Crippen LogP contribution in [0.15, 0.2) is 4.99 Å². The van der Waals surface area contributed by atoms with E-state index in [1.54, 1.807) is 27.8 Å². The normalized spacial score (nSPS) is 20.8. The van der Waals surface area contributed by atoms with Crippen LogP contribution in [0.5, 0.6) is 0 Å². The van der Waals surface area contributed by atoms with Gasteiger partial charge >= 0.3 is 0 Å². The highest BCUT2D eigenvalue weighted by atomic mass is 32.2. The number of hydrogen-bond acceptors (Lipinski definition) is 3. The van der Waals surface area contributed by atoms with Crippen molar-refractivity contribution >= 4 is 15.8 Å². The van der Waals surface area contributed by atoms with Crippen LogP contribution >= 0.6 is 0 Å². The molecule has 1 rings (SSSR count). The molecule has 0 radical (unpaired) electrons. The summed E-state index contributed by atoms with van der Waals surface area (Å²) in [5.74, 6) is 2.41. The van der Waals surface area contributed by atoms with Crippen molar-refractivity contribution in [2.45, 2.75) is 52.2 Å². The molecule has 1 saturated heterocycles. The van der Waals surface area contributed by atoms with Crippen molar-refractivity contribution in [3.8, 4) is 0 Å². The molecule has 0 saturated carbocycles. The molecule has 5 nitrogen and oxygen atoms in total. The molecule has 0 amide bonds. The van der Waals surface area contributed by atoms with Gasteiger partial charge in [0.25, 0.3) is 0 Å². The van der Waals surface area contributed by atoms with E-state index < -0.39 is 14.6 Å². The van der Waals surface area contributed by atoms with Gasteiger partial charge in [-0.15, -0.1) is 0 Å². The Bertz CT molecular complexity index is 478. The van der Waals surface area contributed by atoms with E-state index in [1.165, 1.54) is 12.8 Å². The minimum Gasteiger partial charge on any atom is -0.355 e. The maximum atomic E-state index is 12.1. The molecule has 0 aromatic heterocycles. The number of aliphatic imine (C=N–C) groups is 1. The Kier molecular flexibility index (Phi) is 6.71. The van der Waals surface area contributed by atoms with E-state index in [0.717, 1.165) is 30.9 Å². The Balaban J connectivity index is 2.48. The maximum Gasteiger partial charge on any atom is 0.193 e. The second-order valence-corrected chi connectivity index (χ2v) is 10.5. The summed E-state index contributed by atoms with van der Waals surface area (Å²) in [5.41, 5.74) is 0. The van der Waals surface area contributed by atoms with Gasteiger partial charge in [-0.05, 0) is 45.4 Å². The summed E-state index contributed by atoms with van der Waals surface area (Å²) in [7, 11) is -1.33. The first-order valence-electron chi connectivity index (χ1n) is 8.24. The van der Waals surface area contributed by atoms with Crippen LogP contribution in [0.1, 0.15) is 47.5 Å². The summed E-state index contributed by atoms with van der Waals surface area (Å²) in [5, 5.41) is 3.21. The Hall–Kier alpha value is -0.780. The molecule has 6 heteroatoms. The van der Waals surface area contributed by atoms with Gasteiger partial charge < -0.3 is 10.2 Å². The van der Waals surface area contributed by atoms with Crippen LogP contribution in [0.3, 0.4) is 0 Å². The van der Waals surface area contributed by atoms with Gasteiger partial charge in [-0.1, -0.05) is 13.8 Å². The Morgan fingerprint density at radius 1 is 1.36 bits per heavy atom. The molecule has 0 aliphatic carbocycles. The third-order valence-electron chi connectivity index (χ3n) is 4.19. The van der Waals surface area contributed by atoms with Gasteiger partial charge in [-0.25, -0.2) is 8.42 Å². The van der Waals surface area contributed by atoms with Crippen molar-refractivity contribution < 1.29 is 8.42 Å². The lowest BCUT2D eigenvalue weighted by Gasteiger charge is -2.23. The topological polar surface area (TPSA) is 61.8 Å². The van der Waals surface area contributed by atoms with Crippen molar-refractivity contribution in [1.82, 2.24) is 10.2 Å². The van der Waals surface area contributed by atoms with Crippen LogP contribution in [0.2, 0.25) is 0 Å². The Labute approximate surface area is 136 Å². The highest BCUT2D eigenvalue weighted by Crippen LogP contribution is 2.23. The quantitative estimate of drug-likeness (QED) is 0.619. The van der Waals surface area contributed by atoms with Gasteiger partial charge in [-0.2, -0.15) is 0 Å². The van der Waals surface area contributed by atoms with Crippen LogP contribution in [0, 0.1) is 11.8 Å². The minimum atomic E-state index is -3.09. The van der Waals surface area contributed by atoms with Crippen molar-refractivity contribution in [2.75, 3.05) is 32.4 Å². The largest absolute Gasteiger partial charge is 0.355 e. The summed E-state index contributed by atoms with van der Waals surface area (Å²) in [6.45, 7) is 12.2. The smallest absolute Gasteiger partial charge is 0.193 e.